The van der Waals surface area contributed by atoms with Crippen molar-refractivity contribution in [2.45, 2.75) is 51.6 Å². The number of benzene rings is 1. The summed E-state index contributed by atoms with van der Waals surface area (Å²) in [6.07, 6.45) is 3.81. The number of nitrogens with one attached hydrogen (secondary N) is 1. The van der Waals surface area contributed by atoms with Crippen LogP contribution in [0.1, 0.15) is 49.8 Å². The van der Waals surface area contributed by atoms with Crippen molar-refractivity contribution in [1.29, 1.82) is 0 Å². The Morgan fingerprint density at radius 2 is 2.27 bits per heavy atom. The maximum absolute atomic E-state index is 11.8. The van der Waals surface area contributed by atoms with E-state index in [1.165, 1.54) is 11.1 Å². The maximum atomic E-state index is 11.8. The van der Waals surface area contributed by atoms with Crippen molar-refractivity contribution in [3.05, 3.63) is 29.3 Å². The molecule has 1 aromatic carbocycles. The van der Waals surface area contributed by atoms with Gasteiger partial charge in [0.2, 0.25) is 5.91 Å². The highest BCUT2D eigenvalue weighted by atomic mass is 16.5. The van der Waals surface area contributed by atoms with E-state index < -0.39 is 0 Å². The number of nitrogens with zero attached hydrogens (tertiary/aromatic N) is 1. The van der Waals surface area contributed by atoms with Gasteiger partial charge in [-0.05, 0) is 31.7 Å². The lowest BCUT2D eigenvalue weighted by Crippen LogP contribution is -2.37. The molecule has 2 heterocycles. The number of para-hydroxylation sites is 1. The summed E-state index contributed by atoms with van der Waals surface area (Å²) in [6.45, 7) is 6.56. The number of likely N-dealkylation sites (tertiary alicyclic amines) is 1. The van der Waals surface area contributed by atoms with Crippen molar-refractivity contribution in [2.24, 2.45) is 0 Å². The first-order valence-corrected chi connectivity index (χ1v) is 8.45. The van der Waals surface area contributed by atoms with E-state index in [1.54, 1.807) is 0 Å². The molecule has 0 bridgehead atoms. The molecule has 0 aromatic heterocycles. The number of rotatable bonds is 3. The smallest absolute Gasteiger partial charge is 0.222 e. The van der Waals surface area contributed by atoms with Crippen LogP contribution in [0.25, 0.3) is 0 Å². The van der Waals surface area contributed by atoms with Gasteiger partial charge in [-0.15, -0.1) is 0 Å². The van der Waals surface area contributed by atoms with Crippen LogP contribution in [0, 0.1) is 6.92 Å². The molecule has 120 valence electrons. The Balaban J connectivity index is 1.71. The van der Waals surface area contributed by atoms with E-state index in [-0.39, 0.29) is 5.91 Å². The molecular formula is C18H26N2O2. The van der Waals surface area contributed by atoms with Gasteiger partial charge in [0.05, 0.1) is 6.61 Å². The number of carbonyl (C=O) groups excluding carboxylic acids is 1. The third kappa shape index (κ3) is 3.12. The van der Waals surface area contributed by atoms with Crippen molar-refractivity contribution in [1.82, 2.24) is 10.2 Å². The van der Waals surface area contributed by atoms with Crippen LogP contribution < -0.4 is 10.1 Å². The number of fused-ring (bicyclic) bond motifs is 1. The van der Waals surface area contributed by atoms with E-state index in [2.05, 4.69) is 30.4 Å². The molecule has 4 heteroatoms. The second-order valence-corrected chi connectivity index (χ2v) is 6.38. The fourth-order valence-corrected chi connectivity index (χ4v) is 3.57. The van der Waals surface area contributed by atoms with Crippen molar-refractivity contribution < 1.29 is 9.53 Å². The lowest BCUT2D eigenvalue weighted by Gasteiger charge is -2.24. The van der Waals surface area contributed by atoms with Crippen LogP contribution in [0.4, 0.5) is 0 Å². The Labute approximate surface area is 132 Å². The zero-order chi connectivity index (χ0) is 15.5. The molecule has 0 spiro atoms. The van der Waals surface area contributed by atoms with E-state index >= 15 is 0 Å². The molecule has 1 amide bonds. The van der Waals surface area contributed by atoms with Crippen LogP contribution >= 0.6 is 0 Å². The standard InChI is InChI=1S/C18H26N2O2/c1-3-17(21)20-10-9-14(12-20)19-16-8-5-11-22-18-13(2)6-4-7-15(16)18/h4,6-7,14,16,19H,3,5,8-12H2,1-2H3. The van der Waals surface area contributed by atoms with E-state index in [0.717, 1.165) is 44.7 Å². The highest BCUT2D eigenvalue weighted by Crippen LogP contribution is 2.34. The SMILES string of the molecule is CCC(=O)N1CCC(NC2CCCOc3c(C)cccc32)C1. The van der Waals surface area contributed by atoms with Gasteiger partial charge in [-0.2, -0.15) is 0 Å². The molecule has 2 aliphatic rings. The van der Waals surface area contributed by atoms with Gasteiger partial charge < -0.3 is 15.0 Å². The summed E-state index contributed by atoms with van der Waals surface area (Å²) >= 11 is 0. The second-order valence-electron chi connectivity index (χ2n) is 6.38. The van der Waals surface area contributed by atoms with Crippen LogP contribution in [0.5, 0.6) is 5.75 Å². The molecule has 1 N–H and O–H groups in total. The minimum absolute atomic E-state index is 0.268. The molecule has 2 atom stereocenters. The van der Waals surface area contributed by atoms with E-state index in [1.807, 2.05) is 11.8 Å². The molecule has 22 heavy (non-hydrogen) atoms. The van der Waals surface area contributed by atoms with Crippen molar-refractivity contribution in [3.8, 4) is 5.75 Å². The predicted octanol–water partition coefficient (Wildman–Crippen LogP) is 2.81. The van der Waals surface area contributed by atoms with Crippen LogP contribution in [-0.2, 0) is 4.79 Å². The van der Waals surface area contributed by atoms with Crippen LogP contribution in [0.3, 0.4) is 0 Å². The fourth-order valence-electron chi connectivity index (χ4n) is 3.57. The normalized spacial score (nSPS) is 24.5. The van der Waals surface area contributed by atoms with Gasteiger partial charge >= 0.3 is 0 Å². The number of hydrogen-bond acceptors (Lipinski definition) is 3. The van der Waals surface area contributed by atoms with Crippen molar-refractivity contribution >= 4 is 5.91 Å². The number of aryl methyl sites for hydroxylation is 1. The zero-order valence-electron chi connectivity index (χ0n) is 13.6. The third-order valence-corrected chi connectivity index (χ3v) is 4.78. The van der Waals surface area contributed by atoms with Gasteiger partial charge in [-0.3, -0.25) is 4.79 Å². The quantitative estimate of drug-likeness (QED) is 0.933. The predicted molar refractivity (Wildman–Crippen MR) is 87.1 cm³/mol. The lowest BCUT2D eigenvalue weighted by atomic mass is 9.99. The number of hydrogen-bond donors (Lipinski definition) is 1. The van der Waals surface area contributed by atoms with Gasteiger partial charge in [0.15, 0.2) is 0 Å². The largest absolute Gasteiger partial charge is 0.493 e. The summed E-state index contributed by atoms with van der Waals surface area (Å²) in [5.74, 6) is 1.32. The minimum atomic E-state index is 0.268. The first-order chi connectivity index (χ1) is 10.7. The number of ether oxygens (including phenoxy) is 1. The van der Waals surface area contributed by atoms with Crippen molar-refractivity contribution in [3.63, 3.8) is 0 Å². The average Bonchev–Trinajstić information content (AvgIpc) is 2.89. The Hall–Kier alpha value is -1.55. The third-order valence-electron chi connectivity index (χ3n) is 4.78. The fraction of sp³-hybridized carbons (Fsp3) is 0.611. The topological polar surface area (TPSA) is 41.6 Å². The summed E-state index contributed by atoms with van der Waals surface area (Å²) in [4.78, 5) is 13.8. The molecular weight excluding hydrogens is 276 g/mol. The first kappa shape index (κ1) is 15.3. The molecule has 0 radical (unpaired) electrons. The molecule has 3 rings (SSSR count). The zero-order valence-corrected chi connectivity index (χ0v) is 13.6. The average molecular weight is 302 g/mol. The van der Waals surface area contributed by atoms with Crippen molar-refractivity contribution in [2.75, 3.05) is 19.7 Å². The van der Waals surface area contributed by atoms with E-state index in [0.29, 0.717) is 18.5 Å². The molecule has 1 saturated heterocycles. The summed E-state index contributed by atoms with van der Waals surface area (Å²) in [5.41, 5.74) is 2.48. The highest BCUT2D eigenvalue weighted by Gasteiger charge is 2.29. The van der Waals surface area contributed by atoms with Gasteiger partial charge in [-0.1, -0.05) is 25.1 Å². The number of carbonyl (C=O) groups is 1. The van der Waals surface area contributed by atoms with Crippen LogP contribution in [-0.4, -0.2) is 36.5 Å². The van der Waals surface area contributed by atoms with Gasteiger partial charge in [0.1, 0.15) is 5.75 Å². The van der Waals surface area contributed by atoms with E-state index in [4.69, 9.17) is 4.74 Å². The van der Waals surface area contributed by atoms with Gasteiger partial charge in [0.25, 0.3) is 0 Å². The molecule has 0 aliphatic carbocycles. The molecule has 2 aliphatic heterocycles. The second kappa shape index (κ2) is 6.69. The Morgan fingerprint density at radius 3 is 3.09 bits per heavy atom. The number of amides is 1. The van der Waals surface area contributed by atoms with Gasteiger partial charge in [0, 0.05) is 37.2 Å². The Bertz CT molecular complexity index is 544. The summed E-state index contributed by atoms with van der Waals surface area (Å²) < 4.78 is 5.95. The monoisotopic (exact) mass is 302 g/mol. The summed E-state index contributed by atoms with van der Waals surface area (Å²) in [5, 5.41) is 3.78. The summed E-state index contributed by atoms with van der Waals surface area (Å²) in [6, 6.07) is 7.12. The Kier molecular flexibility index (Phi) is 4.67. The van der Waals surface area contributed by atoms with E-state index in [9.17, 15) is 4.79 Å². The highest BCUT2D eigenvalue weighted by molar-refractivity contribution is 5.76. The molecule has 4 nitrogen and oxygen atoms in total. The summed E-state index contributed by atoms with van der Waals surface area (Å²) in [7, 11) is 0. The minimum Gasteiger partial charge on any atom is -0.493 e. The molecule has 2 unspecified atom stereocenters. The van der Waals surface area contributed by atoms with Crippen LogP contribution in [0.15, 0.2) is 18.2 Å². The maximum Gasteiger partial charge on any atom is 0.222 e. The van der Waals surface area contributed by atoms with Gasteiger partial charge in [-0.25, -0.2) is 0 Å². The Morgan fingerprint density at radius 1 is 1.41 bits per heavy atom. The first-order valence-electron chi connectivity index (χ1n) is 8.45. The molecule has 0 saturated carbocycles. The lowest BCUT2D eigenvalue weighted by molar-refractivity contribution is -0.129. The molecule has 1 fully saturated rings. The molecule has 1 aromatic rings. The van der Waals surface area contributed by atoms with Crippen LogP contribution in [0.2, 0.25) is 0 Å².